The van der Waals surface area contributed by atoms with E-state index in [0.29, 0.717) is 12.1 Å². The van der Waals surface area contributed by atoms with Crippen molar-refractivity contribution in [3.63, 3.8) is 0 Å². The second-order valence-electron chi connectivity index (χ2n) is 5.78. The van der Waals surface area contributed by atoms with Crippen LogP contribution in [0.2, 0.25) is 0 Å². The lowest BCUT2D eigenvalue weighted by molar-refractivity contribution is 0.0375. The number of hydrogen-bond acceptors (Lipinski definition) is 1. The van der Waals surface area contributed by atoms with E-state index in [1.54, 1.807) is 0 Å². The molecule has 0 amide bonds. The van der Waals surface area contributed by atoms with Gasteiger partial charge in [0.2, 0.25) is 0 Å². The summed E-state index contributed by atoms with van der Waals surface area (Å²) in [6, 6.07) is 0.805. The van der Waals surface area contributed by atoms with E-state index in [4.69, 9.17) is 0 Å². The molecule has 0 aromatic rings. The van der Waals surface area contributed by atoms with Gasteiger partial charge in [-0.25, -0.2) is 8.78 Å². The van der Waals surface area contributed by atoms with Crippen LogP contribution >= 0.6 is 0 Å². The molecule has 2 heterocycles. The van der Waals surface area contributed by atoms with Crippen LogP contribution in [0.1, 0.15) is 38.5 Å². The fourth-order valence-corrected chi connectivity index (χ4v) is 4.45. The molecule has 2 saturated heterocycles. The van der Waals surface area contributed by atoms with Crippen molar-refractivity contribution in [2.75, 3.05) is 0 Å². The molecule has 0 aromatic carbocycles. The summed E-state index contributed by atoms with van der Waals surface area (Å²) < 4.78 is 27.7. The second kappa shape index (κ2) is 1.89. The van der Waals surface area contributed by atoms with Crippen LogP contribution in [0.25, 0.3) is 0 Å². The van der Waals surface area contributed by atoms with Gasteiger partial charge in [-0.3, -0.25) is 0 Å². The number of halogens is 2. The van der Waals surface area contributed by atoms with Crippen LogP contribution in [0.15, 0.2) is 0 Å². The predicted molar refractivity (Wildman–Crippen MR) is 48.2 cm³/mol. The molecule has 14 heavy (non-hydrogen) atoms. The molecule has 4 rings (SSSR count). The Hall–Kier alpha value is -0.180. The Balaban J connectivity index is 1.73. The standard InChI is InChI=1S/C11H15F2N/c12-11(13)9(3-4-9)10(11)5-7-1-2-8(6-10)14-7/h7-8,14H,1-6H2. The molecule has 1 nitrogen and oxygen atoms in total. The number of rotatable bonds is 0. The van der Waals surface area contributed by atoms with Crippen molar-refractivity contribution < 1.29 is 8.78 Å². The van der Waals surface area contributed by atoms with Crippen molar-refractivity contribution in [2.24, 2.45) is 10.8 Å². The molecule has 78 valence electrons. The summed E-state index contributed by atoms with van der Waals surface area (Å²) in [7, 11) is 0. The number of piperidine rings is 1. The first-order valence-corrected chi connectivity index (χ1v) is 5.75. The van der Waals surface area contributed by atoms with Crippen LogP contribution in [-0.2, 0) is 0 Å². The zero-order chi connectivity index (χ0) is 9.60. The molecule has 0 radical (unpaired) electrons. The first-order chi connectivity index (χ1) is 6.61. The van der Waals surface area contributed by atoms with Crippen molar-refractivity contribution in [1.29, 1.82) is 0 Å². The topological polar surface area (TPSA) is 12.0 Å². The van der Waals surface area contributed by atoms with Gasteiger partial charge in [-0.1, -0.05) is 0 Å². The largest absolute Gasteiger partial charge is 0.311 e. The summed E-state index contributed by atoms with van der Waals surface area (Å²) in [6.45, 7) is 0. The summed E-state index contributed by atoms with van der Waals surface area (Å²) in [5.41, 5.74) is -1.07. The molecule has 0 aromatic heterocycles. The fraction of sp³-hybridized carbons (Fsp3) is 1.00. The zero-order valence-electron chi connectivity index (χ0n) is 8.15. The van der Waals surface area contributed by atoms with Crippen molar-refractivity contribution in [2.45, 2.75) is 56.5 Å². The maximum atomic E-state index is 13.9. The highest BCUT2D eigenvalue weighted by Crippen LogP contribution is 2.90. The van der Waals surface area contributed by atoms with Crippen LogP contribution < -0.4 is 5.32 Å². The van der Waals surface area contributed by atoms with E-state index < -0.39 is 16.8 Å². The Morgan fingerprint density at radius 1 is 0.929 bits per heavy atom. The Morgan fingerprint density at radius 2 is 1.50 bits per heavy atom. The highest BCUT2D eigenvalue weighted by Gasteiger charge is 2.95. The van der Waals surface area contributed by atoms with Crippen LogP contribution in [-0.4, -0.2) is 18.0 Å². The molecule has 2 bridgehead atoms. The quantitative estimate of drug-likeness (QED) is 0.631. The third-order valence-electron chi connectivity index (χ3n) is 5.33. The molecule has 1 N–H and O–H groups in total. The second-order valence-corrected chi connectivity index (χ2v) is 5.78. The monoisotopic (exact) mass is 199 g/mol. The Kier molecular flexibility index (Phi) is 1.08. The van der Waals surface area contributed by atoms with Gasteiger partial charge < -0.3 is 5.32 Å². The summed E-state index contributed by atoms with van der Waals surface area (Å²) in [5.74, 6) is -2.32. The summed E-state index contributed by atoms with van der Waals surface area (Å²) in [6.07, 6.45) is 5.32. The predicted octanol–water partition coefficient (Wildman–Crippen LogP) is 2.32. The van der Waals surface area contributed by atoms with Crippen LogP contribution in [0, 0.1) is 10.8 Å². The average Bonchev–Trinajstić information content (AvgIpc) is 2.96. The van der Waals surface area contributed by atoms with Crippen molar-refractivity contribution in [3.05, 3.63) is 0 Å². The van der Waals surface area contributed by atoms with Gasteiger partial charge in [-0.05, 0) is 38.5 Å². The SMILES string of the molecule is FC1(F)C2(CC2)C12CC1CCC(C2)N1. The lowest BCUT2D eigenvalue weighted by atomic mass is 9.86. The zero-order valence-corrected chi connectivity index (χ0v) is 8.15. The van der Waals surface area contributed by atoms with Gasteiger partial charge >= 0.3 is 0 Å². The third-order valence-corrected chi connectivity index (χ3v) is 5.33. The van der Waals surface area contributed by atoms with Gasteiger partial charge in [0.15, 0.2) is 0 Å². The minimum absolute atomic E-state index is 0.402. The Bertz CT molecular complexity index is 290. The first kappa shape index (κ1) is 8.03. The van der Waals surface area contributed by atoms with E-state index in [-0.39, 0.29) is 0 Å². The maximum Gasteiger partial charge on any atom is 0.260 e. The van der Waals surface area contributed by atoms with Crippen molar-refractivity contribution in [1.82, 2.24) is 5.32 Å². The van der Waals surface area contributed by atoms with Crippen molar-refractivity contribution in [3.8, 4) is 0 Å². The van der Waals surface area contributed by atoms with Gasteiger partial charge in [0.05, 0.1) is 0 Å². The van der Waals surface area contributed by atoms with E-state index in [0.717, 1.165) is 38.5 Å². The number of hydrogen-bond donors (Lipinski definition) is 1. The van der Waals surface area contributed by atoms with Gasteiger partial charge in [0.1, 0.15) is 0 Å². The molecule has 2 aliphatic heterocycles. The molecule has 3 heteroatoms. The van der Waals surface area contributed by atoms with E-state index in [9.17, 15) is 8.78 Å². The number of alkyl halides is 2. The fourth-order valence-electron chi connectivity index (χ4n) is 4.45. The normalized spacial score (nSPS) is 55.3. The minimum atomic E-state index is -2.32. The Labute approximate surface area is 82.2 Å². The molecular formula is C11H15F2N. The summed E-state index contributed by atoms with van der Waals surface area (Å²) in [4.78, 5) is 0. The van der Waals surface area contributed by atoms with Crippen molar-refractivity contribution >= 4 is 0 Å². The van der Waals surface area contributed by atoms with E-state index in [1.807, 2.05) is 0 Å². The Morgan fingerprint density at radius 3 is 1.93 bits per heavy atom. The van der Waals surface area contributed by atoms with Gasteiger partial charge in [0.25, 0.3) is 5.92 Å². The number of fused-ring (bicyclic) bond motifs is 3. The van der Waals surface area contributed by atoms with Crippen LogP contribution in [0.5, 0.6) is 0 Å². The molecule has 2 unspecified atom stereocenters. The smallest absolute Gasteiger partial charge is 0.260 e. The maximum absolute atomic E-state index is 13.9. The molecule has 2 spiro atoms. The minimum Gasteiger partial charge on any atom is -0.311 e. The lowest BCUT2D eigenvalue weighted by Gasteiger charge is -2.29. The molecular weight excluding hydrogens is 184 g/mol. The lowest BCUT2D eigenvalue weighted by Crippen LogP contribution is -2.41. The highest BCUT2D eigenvalue weighted by molar-refractivity contribution is 5.37. The van der Waals surface area contributed by atoms with E-state index in [1.165, 1.54) is 0 Å². The molecule has 2 atom stereocenters. The number of nitrogens with one attached hydrogen (secondary N) is 1. The third kappa shape index (κ3) is 0.581. The highest BCUT2D eigenvalue weighted by atomic mass is 19.3. The van der Waals surface area contributed by atoms with E-state index in [2.05, 4.69) is 5.32 Å². The van der Waals surface area contributed by atoms with Gasteiger partial charge in [-0.15, -0.1) is 0 Å². The molecule has 4 fully saturated rings. The van der Waals surface area contributed by atoms with Gasteiger partial charge in [-0.2, -0.15) is 0 Å². The molecule has 2 saturated carbocycles. The van der Waals surface area contributed by atoms with Gasteiger partial charge in [0, 0.05) is 22.9 Å². The van der Waals surface area contributed by atoms with Crippen LogP contribution in [0.3, 0.4) is 0 Å². The first-order valence-electron chi connectivity index (χ1n) is 5.75. The summed E-state index contributed by atoms with van der Waals surface area (Å²) in [5, 5.41) is 3.46. The van der Waals surface area contributed by atoms with E-state index >= 15 is 0 Å². The summed E-state index contributed by atoms with van der Waals surface area (Å²) >= 11 is 0. The molecule has 2 aliphatic carbocycles. The van der Waals surface area contributed by atoms with Crippen LogP contribution in [0.4, 0.5) is 8.78 Å². The molecule has 4 aliphatic rings. The average molecular weight is 199 g/mol.